The molecule has 0 aliphatic heterocycles. The van der Waals surface area contributed by atoms with Crippen molar-refractivity contribution in [2.75, 3.05) is 0 Å². The standard InChI is InChI=1S/C36H23N3O.C12H7Br2NO.C12H9N/c40-36(24-17-19-37-20-18-24)25-21-26(38-32-13-5-1-9-28(32)29-10-2-6-14-33(29)38)23-27(22-25)39-34-15-7-3-11-30(34)31-12-4-8-16-35(31)39;13-10-5-9(6-11(14)7-10)12(16)8-1-3-15-4-2-8;1-3-7-11-9(5-1)10-6-2-4-8-12(10)13-11/h1-23H;1-7H;1-8,13H. The number of hydrogen-bond acceptors (Lipinski definition) is 4. The average Bonchev–Trinajstić information content (AvgIpc) is 4.07. The number of pyridine rings is 2. The number of hydrogen-bond donors (Lipinski definition) is 1. The maximum atomic E-state index is 13.9. The minimum atomic E-state index is -0.0352. The zero-order chi connectivity index (χ0) is 46.8. The van der Waals surface area contributed by atoms with E-state index >= 15 is 0 Å². The Balaban J connectivity index is 0.000000145. The predicted octanol–water partition coefficient (Wildman–Crippen LogP) is 15.7. The van der Waals surface area contributed by atoms with Crippen LogP contribution in [0.4, 0.5) is 0 Å². The van der Waals surface area contributed by atoms with Gasteiger partial charge in [0.05, 0.1) is 22.1 Å². The Labute approximate surface area is 413 Å². The van der Waals surface area contributed by atoms with Gasteiger partial charge in [-0.3, -0.25) is 19.6 Å². The molecular weight excluding hydrogens is 983 g/mol. The van der Waals surface area contributed by atoms with Gasteiger partial charge in [-0.1, -0.05) is 141 Å². The van der Waals surface area contributed by atoms with Crippen molar-refractivity contribution < 1.29 is 9.59 Å². The van der Waals surface area contributed by atoms with Gasteiger partial charge in [0.1, 0.15) is 0 Å². The number of aromatic nitrogens is 5. The molecule has 0 unspecified atom stereocenters. The van der Waals surface area contributed by atoms with Crippen molar-refractivity contribution in [1.82, 2.24) is 24.1 Å². The minimum absolute atomic E-state index is 0.00981. The van der Waals surface area contributed by atoms with E-state index in [1.807, 2.05) is 18.2 Å². The molecule has 0 fully saturated rings. The first kappa shape index (κ1) is 43.3. The molecule has 13 rings (SSSR count). The van der Waals surface area contributed by atoms with E-state index in [0.717, 1.165) is 42.4 Å². The second kappa shape index (κ2) is 18.8. The Hall–Kier alpha value is -8.24. The van der Waals surface area contributed by atoms with Crippen LogP contribution in [-0.2, 0) is 0 Å². The summed E-state index contributed by atoms with van der Waals surface area (Å²) >= 11 is 6.72. The number of fused-ring (bicyclic) bond motifs is 9. The molecule has 5 heterocycles. The highest BCUT2D eigenvalue weighted by Crippen LogP contribution is 2.36. The van der Waals surface area contributed by atoms with Crippen LogP contribution < -0.4 is 0 Å². The molecule has 1 N–H and O–H groups in total. The van der Waals surface area contributed by atoms with E-state index in [-0.39, 0.29) is 11.6 Å². The summed E-state index contributed by atoms with van der Waals surface area (Å²) < 4.78 is 6.29. The summed E-state index contributed by atoms with van der Waals surface area (Å²) in [5.41, 5.74) is 11.2. The molecule has 330 valence electrons. The van der Waals surface area contributed by atoms with Crippen molar-refractivity contribution in [2.24, 2.45) is 0 Å². The molecule has 5 aromatic heterocycles. The Morgan fingerprint density at radius 2 is 0.667 bits per heavy atom. The van der Waals surface area contributed by atoms with Crippen LogP contribution in [0.25, 0.3) is 76.8 Å². The van der Waals surface area contributed by atoms with Gasteiger partial charge in [-0.2, -0.15) is 0 Å². The van der Waals surface area contributed by atoms with Gasteiger partial charge in [-0.15, -0.1) is 0 Å². The molecule has 8 aromatic carbocycles. The average molecular weight is 1020 g/mol. The lowest BCUT2D eigenvalue weighted by atomic mass is 10.0. The number of carbonyl (C=O) groups is 2. The molecule has 0 spiro atoms. The van der Waals surface area contributed by atoms with Crippen LogP contribution in [0.5, 0.6) is 0 Å². The summed E-state index contributed by atoms with van der Waals surface area (Å²) in [6.07, 6.45) is 6.55. The Bertz CT molecular complexity index is 3740. The molecule has 13 aromatic rings. The van der Waals surface area contributed by atoms with Gasteiger partial charge in [-0.25, -0.2) is 0 Å². The number of halogens is 2. The van der Waals surface area contributed by atoms with Crippen LogP contribution in [0.15, 0.2) is 240 Å². The molecule has 69 heavy (non-hydrogen) atoms. The molecular formula is C60H39Br2N5O2. The highest BCUT2D eigenvalue weighted by Gasteiger charge is 2.19. The Kier molecular flexibility index (Phi) is 11.8. The van der Waals surface area contributed by atoms with Gasteiger partial charge in [0.2, 0.25) is 0 Å². The number of nitrogens with zero attached hydrogens (tertiary/aromatic N) is 4. The zero-order valence-electron chi connectivity index (χ0n) is 36.8. The molecule has 0 atom stereocenters. The normalized spacial score (nSPS) is 11.2. The van der Waals surface area contributed by atoms with E-state index in [1.54, 1.807) is 61.2 Å². The van der Waals surface area contributed by atoms with Gasteiger partial charge in [0, 0.05) is 111 Å². The van der Waals surface area contributed by atoms with Crippen molar-refractivity contribution in [3.05, 3.63) is 262 Å². The van der Waals surface area contributed by atoms with Crippen LogP contribution >= 0.6 is 31.9 Å². The van der Waals surface area contributed by atoms with Gasteiger partial charge in [0.25, 0.3) is 0 Å². The molecule has 0 aliphatic carbocycles. The van der Waals surface area contributed by atoms with Crippen LogP contribution in [0.3, 0.4) is 0 Å². The minimum Gasteiger partial charge on any atom is -0.355 e. The van der Waals surface area contributed by atoms with Crippen LogP contribution in [0.2, 0.25) is 0 Å². The SMILES string of the molecule is O=C(c1ccncc1)c1cc(-n2c3ccccc3c3ccccc32)cc(-n2c3ccccc3c3ccccc32)c1.O=C(c1ccncc1)c1cc(Br)cc(Br)c1.c1ccc2c(c1)[nH]c1ccccc12. The Morgan fingerprint density at radius 3 is 1.04 bits per heavy atom. The fraction of sp³-hybridized carbons (Fsp3) is 0. The second-order valence-electron chi connectivity index (χ2n) is 16.5. The fourth-order valence-electron chi connectivity index (χ4n) is 9.21. The Morgan fingerprint density at radius 1 is 0.348 bits per heavy atom. The quantitative estimate of drug-likeness (QED) is 0.168. The van der Waals surface area contributed by atoms with E-state index in [1.165, 1.54) is 43.4 Å². The summed E-state index contributed by atoms with van der Waals surface area (Å²) in [5.74, 6) is -0.0450. The van der Waals surface area contributed by atoms with E-state index in [9.17, 15) is 9.59 Å². The van der Waals surface area contributed by atoms with Crippen molar-refractivity contribution >= 4 is 109 Å². The number of benzene rings is 8. The van der Waals surface area contributed by atoms with Crippen molar-refractivity contribution in [2.45, 2.75) is 0 Å². The first-order valence-electron chi connectivity index (χ1n) is 22.3. The summed E-state index contributed by atoms with van der Waals surface area (Å²) in [4.78, 5) is 37.4. The highest BCUT2D eigenvalue weighted by molar-refractivity contribution is 9.11. The molecule has 9 heteroatoms. The number of para-hydroxylation sites is 6. The molecule has 0 aliphatic rings. The van der Waals surface area contributed by atoms with Crippen LogP contribution in [-0.4, -0.2) is 35.7 Å². The monoisotopic (exact) mass is 1020 g/mol. The summed E-state index contributed by atoms with van der Waals surface area (Å²) in [6.45, 7) is 0. The van der Waals surface area contributed by atoms with E-state index in [2.05, 4.69) is 208 Å². The van der Waals surface area contributed by atoms with Crippen molar-refractivity contribution in [3.8, 4) is 11.4 Å². The summed E-state index contributed by atoms with van der Waals surface area (Å²) in [6, 6.07) is 69.2. The lowest BCUT2D eigenvalue weighted by Crippen LogP contribution is -2.06. The van der Waals surface area contributed by atoms with E-state index in [0.29, 0.717) is 22.3 Å². The van der Waals surface area contributed by atoms with E-state index in [4.69, 9.17) is 0 Å². The molecule has 0 radical (unpaired) electrons. The lowest BCUT2D eigenvalue weighted by Gasteiger charge is -2.15. The largest absolute Gasteiger partial charge is 0.355 e. The zero-order valence-corrected chi connectivity index (χ0v) is 40.0. The molecule has 7 nitrogen and oxygen atoms in total. The molecule has 0 amide bonds. The van der Waals surface area contributed by atoms with Crippen molar-refractivity contribution in [3.63, 3.8) is 0 Å². The van der Waals surface area contributed by atoms with Gasteiger partial charge >= 0.3 is 0 Å². The van der Waals surface area contributed by atoms with Crippen LogP contribution in [0.1, 0.15) is 31.8 Å². The maximum Gasteiger partial charge on any atom is 0.193 e. The maximum absolute atomic E-state index is 13.9. The number of rotatable bonds is 6. The van der Waals surface area contributed by atoms with Crippen LogP contribution in [0, 0.1) is 0 Å². The molecule has 0 saturated carbocycles. The van der Waals surface area contributed by atoms with E-state index < -0.39 is 0 Å². The number of H-pyrrole nitrogens is 1. The third kappa shape index (κ3) is 8.43. The molecule has 0 bridgehead atoms. The number of ketones is 2. The predicted molar refractivity (Wildman–Crippen MR) is 288 cm³/mol. The van der Waals surface area contributed by atoms with Gasteiger partial charge < -0.3 is 14.1 Å². The highest BCUT2D eigenvalue weighted by atomic mass is 79.9. The fourth-order valence-corrected chi connectivity index (χ4v) is 10.5. The topological polar surface area (TPSA) is 85.6 Å². The van der Waals surface area contributed by atoms with Gasteiger partial charge in [0.15, 0.2) is 11.6 Å². The second-order valence-corrected chi connectivity index (χ2v) is 18.3. The third-order valence-electron chi connectivity index (χ3n) is 12.3. The lowest BCUT2D eigenvalue weighted by molar-refractivity contribution is 0.103. The number of nitrogens with one attached hydrogen (secondary N) is 1. The number of aromatic amines is 1. The van der Waals surface area contributed by atoms with Gasteiger partial charge in [-0.05, 0) is 97.1 Å². The van der Waals surface area contributed by atoms with Crippen molar-refractivity contribution in [1.29, 1.82) is 0 Å². The molecule has 0 saturated heterocycles. The third-order valence-corrected chi connectivity index (χ3v) is 13.2. The first-order valence-corrected chi connectivity index (χ1v) is 23.9. The first-order chi connectivity index (χ1) is 33.9. The number of carbonyl (C=O) groups excluding carboxylic acids is 2. The smallest absolute Gasteiger partial charge is 0.193 e. The summed E-state index contributed by atoms with van der Waals surface area (Å²) in [7, 11) is 0. The summed E-state index contributed by atoms with van der Waals surface area (Å²) in [5, 5.41) is 7.34.